The largest absolute Gasteiger partial charge is 0.321 e. The zero-order chi connectivity index (χ0) is 19.2. The lowest BCUT2D eigenvalue weighted by atomic mass is 10.1. The van der Waals surface area contributed by atoms with Gasteiger partial charge in [0.05, 0.1) is 6.17 Å². The van der Waals surface area contributed by atoms with Gasteiger partial charge in [-0.2, -0.15) is 0 Å². The molecule has 7 heteroatoms. The number of fused-ring (bicyclic) bond motifs is 1. The fourth-order valence-electron chi connectivity index (χ4n) is 3.21. The number of nitrogens with one attached hydrogen (secondary N) is 4. The molecule has 0 spiro atoms. The van der Waals surface area contributed by atoms with E-state index >= 15 is 0 Å². The second kappa shape index (κ2) is 8.94. The number of anilines is 1. The zero-order valence-electron chi connectivity index (χ0n) is 16.1. The third kappa shape index (κ3) is 5.03. The van der Waals surface area contributed by atoms with Crippen molar-refractivity contribution in [3.05, 3.63) is 42.5 Å². The van der Waals surface area contributed by atoms with Crippen LogP contribution in [0.3, 0.4) is 0 Å². The minimum absolute atomic E-state index is 0.141. The van der Waals surface area contributed by atoms with Gasteiger partial charge < -0.3 is 21.3 Å². The molecule has 2 amide bonds. The number of benzene rings is 2. The Morgan fingerprint density at radius 1 is 1.19 bits per heavy atom. The molecule has 7 nitrogen and oxygen atoms in total. The predicted octanol–water partition coefficient (Wildman–Crippen LogP) is 2.18. The van der Waals surface area contributed by atoms with E-state index in [-0.39, 0.29) is 12.2 Å². The van der Waals surface area contributed by atoms with E-state index in [1.807, 2.05) is 62.3 Å². The van der Waals surface area contributed by atoms with Crippen molar-refractivity contribution >= 4 is 28.2 Å². The Kier molecular flexibility index (Phi) is 6.39. The van der Waals surface area contributed by atoms with Crippen LogP contribution < -0.4 is 21.3 Å². The van der Waals surface area contributed by atoms with E-state index in [1.54, 1.807) is 0 Å². The molecule has 0 aromatic heterocycles. The third-order valence-corrected chi connectivity index (χ3v) is 4.73. The topological polar surface area (TPSA) is 80.8 Å². The summed E-state index contributed by atoms with van der Waals surface area (Å²) in [7, 11) is 3.90. The maximum absolute atomic E-state index is 12.5. The number of urea groups is 1. The highest BCUT2D eigenvalue weighted by Gasteiger charge is 2.28. The number of likely N-dealkylation sites (N-methyl/N-ethyl adjacent to an activating group) is 1. The van der Waals surface area contributed by atoms with Crippen molar-refractivity contribution in [3.8, 4) is 0 Å². The highest BCUT2D eigenvalue weighted by atomic mass is 16.2. The number of aliphatic imine (C=N–C) groups is 1. The molecule has 1 aliphatic heterocycles. The van der Waals surface area contributed by atoms with E-state index in [0.29, 0.717) is 0 Å². The molecule has 1 heterocycles. The molecule has 2 atom stereocenters. The standard InChI is InChI=1S/C20H28N6O/c1-14-12-18(22-11-10-21-2)26(3)19(23-14)25-20(27)24-17-9-8-15-6-4-5-7-16(15)13-17/h4-9,13,18-19,21-22H,10-12H2,1-3H3,(H2,24,25,27). The van der Waals surface area contributed by atoms with Crippen LogP contribution in [-0.4, -0.2) is 56.3 Å². The van der Waals surface area contributed by atoms with Gasteiger partial charge in [0, 0.05) is 30.9 Å². The van der Waals surface area contributed by atoms with Gasteiger partial charge in [-0.25, -0.2) is 4.79 Å². The van der Waals surface area contributed by atoms with Crippen LogP contribution in [0.4, 0.5) is 10.5 Å². The predicted molar refractivity (Wildman–Crippen MR) is 111 cm³/mol. The number of hydrogen-bond donors (Lipinski definition) is 4. The Bertz CT molecular complexity index is 821. The minimum atomic E-state index is -0.397. The van der Waals surface area contributed by atoms with Gasteiger partial charge in [0.2, 0.25) is 0 Å². The summed E-state index contributed by atoms with van der Waals surface area (Å²) in [6.07, 6.45) is 0.582. The Balaban J connectivity index is 1.62. The molecular weight excluding hydrogens is 340 g/mol. The van der Waals surface area contributed by atoms with Crippen molar-refractivity contribution in [3.63, 3.8) is 0 Å². The van der Waals surface area contributed by atoms with Gasteiger partial charge in [-0.1, -0.05) is 30.3 Å². The minimum Gasteiger partial charge on any atom is -0.318 e. The second-order valence-corrected chi connectivity index (χ2v) is 6.84. The molecular formula is C20H28N6O. The first-order valence-electron chi connectivity index (χ1n) is 9.26. The number of rotatable bonds is 6. The van der Waals surface area contributed by atoms with Crippen LogP contribution in [0.5, 0.6) is 0 Å². The molecule has 2 aromatic carbocycles. The lowest BCUT2D eigenvalue weighted by Gasteiger charge is -2.37. The molecule has 2 aromatic rings. The molecule has 3 rings (SSSR count). The Hall–Kier alpha value is -2.48. The van der Waals surface area contributed by atoms with Gasteiger partial charge in [0.15, 0.2) is 6.29 Å². The SMILES string of the molecule is CNCCNC1CC(C)=NC(NC(=O)Nc2ccc3ccccc3c2)N1C. The van der Waals surface area contributed by atoms with E-state index in [4.69, 9.17) is 0 Å². The number of hydrogen-bond acceptors (Lipinski definition) is 5. The Morgan fingerprint density at radius 2 is 1.96 bits per heavy atom. The lowest BCUT2D eigenvalue weighted by molar-refractivity contribution is 0.124. The summed E-state index contributed by atoms with van der Waals surface area (Å²) in [6, 6.07) is 13.7. The van der Waals surface area contributed by atoms with Crippen molar-refractivity contribution in [2.45, 2.75) is 25.8 Å². The molecule has 0 aliphatic carbocycles. The maximum atomic E-state index is 12.5. The Labute approximate surface area is 160 Å². The first-order chi connectivity index (χ1) is 13.1. The van der Waals surface area contributed by atoms with Crippen LogP contribution in [-0.2, 0) is 0 Å². The molecule has 0 saturated carbocycles. The summed E-state index contributed by atoms with van der Waals surface area (Å²) < 4.78 is 0. The number of amides is 2. The van der Waals surface area contributed by atoms with E-state index in [2.05, 4.69) is 32.3 Å². The van der Waals surface area contributed by atoms with Crippen LogP contribution >= 0.6 is 0 Å². The average Bonchev–Trinajstić information content (AvgIpc) is 2.65. The first-order valence-corrected chi connectivity index (χ1v) is 9.26. The normalized spacial score (nSPS) is 20.3. The summed E-state index contributed by atoms with van der Waals surface area (Å²) >= 11 is 0. The summed E-state index contributed by atoms with van der Waals surface area (Å²) in [5, 5.41) is 14.7. The quantitative estimate of drug-likeness (QED) is 0.589. The lowest BCUT2D eigenvalue weighted by Crippen LogP contribution is -2.58. The monoisotopic (exact) mass is 368 g/mol. The van der Waals surface area contributed by atoms with Gasteiger partial charge in [0.1, 0.15) is 0 Å². The summed E-state index contributed by atoms with van der Waals surface area (Å²) in [5.41, 5.74) is 1.78. The number of nitrogens with zero attached hydrogens (tertiary/aromatic N) is 2. The van der Waals surface area contributed by atoms with Gasteiger partial charge in [-0.3, -0.25) is 9.89 Å². The van der Waals surface area contributed by atoms with Crippen molar-refractivity contribution in [2.75, 3.05) is 32.5 Å². The molecule has 0 fully saturated rings. The molecule has 0 bridgehead atoms. The number of carbonyl (C=O) groups excluding carboxylic acids is 1. The van der Waals surface area contributed by atoms with Crippen LogP contribution in [0, 0.1) is 0 Å². The van der Waals surface area contributed by atoms with Crippen LogP contribution in [0.1, 0.15) is 13.3 Å². The van der Waals surface area contributed by atoms with E-state index in [1.165, 1.54) is 0 Å². The molecule has 1 aliphatic rings. The van der Waals surface area contributed by atoms with Crippen molar-refractivity contribution in [1.29, 1.82) is 0 Å². The smallest absolute Gasteiger partial charge is 0.318 e. The third-order valence-electron chi connectivity index (χ3n) is 4.73. The number of carbonyl (C=O) groups is 1. The van der Waals surface area contributed by atoms with Crippen LogP contribution in [0.2, 0.25) is 0 Å². The fourth-order valence-corrected chi connectivity index (χ4v) is 3.21. The maximum Gasteiger partial charge on any atom is 0.321 e. The molecule has 27 heavy (non-hydrogen) atoms. The molecule has 0 saturated heterocycles. The van der Waals surface area contributed by atoms with Crippen LogP contribution in [0.15, 0.2) is 47.5 Å². The summed E-state index contributed by atoms with van der Waals surface area (Å²) in [4.78, 5) is 19.1. The van der Waals surface area contributed by atoms with Crippen LogP contribution in [0.25, 0.3) is 10.8 Å². The van der Waals surface area contributed by atoms with Gasteiger partial charge >= 0.3 is 6.03 Å². The summed E-state index contributed by atoms with van der Waals surface area (Å²) in [5.74, 6) is 0. The van der Waals surface area contributed by atoms with Crippen molar-refractivity contribution < 1.29 is 4.79 Å². The molecule has 0 radical (unpaired) electrons. The highest BCUT2D eigenvalue weighted by Crippen LogP contribution is 2.19. The second-order valence-electron chi connectivity index (χ2n) is 6.84. The van der Waals surface area contributed by atoms with Gasteiger partial charge in [-0.15, -0.1) is 0 Å². The van der Waals surface area contributed by atoms with E-state index in [9.17, 15) is 4.79 Å². The highest BCUT2D eigenvalue weighted by molar-refractivity contribution is 5.93. The van der Waals surface area contributed by atoms with Gasteiger partial charge in [-0.05, 0) is 43.9 Å². The molecule has 2 unspecified atom stereocenters. The molecule has 4 N–H and O–H groups in total. The average molecular weight is 368 g/mol. The zero-order valence-corrected chi connectivity index (χ0v) is 16.1. The Morgan fingerprint density at radius 3 is 2.74 bits per heavy atom. The van der Waals surface area contributed by atoms with E-state index < -0.39 is 6.29 Å². The first kappa shape index (κ1) is 19.3. The van der Waals surface area contributed by atoms with Crippen molar-refractivity contribution in [1.82, 2.24) is 20.9 Å². The fraction of sp³-hybridized carbons (Fsp3) is 0.400. The van der Waals surface area contributed by atoms with E-state index in [0.717, 1.165) is 41.7 Å². The van der Waals surface area contributed by atoms with Gasteiger partial charge in [0.25, 0.3) is 0 Å². The van der Waals surface area contributed by atoms with Crippen molar-refractivity contribution in [2.24, 2.45) is 4.99 Å². The molecule has 144 valence electrons. The summed E-state index contributed by atoms with van der Waals surface area (Å²) in [6.45, 7) is 3.74.